The molecule has 0 unspecified atom stereocenters. The van der Waals surface area contributed by atoms with Gasteiger partial charge in [0, 0.05) is 32.9 Å². The number of aromatic hydroxyl groups is 5. The number of phenolic OH excluding ortho intramolecular Hbond substituents is 5. The van der Waals surface area contributed by atoms with Gasteiger partial charge in [0.05, 0.1) is 33.1 Å². The number of rotatable bonds is 3. The Bertz CT molecular complexity index is 2660. The van der Waals surface area contributed by atoms with Gasteiger partial charge >= 0.3 is 0 Å². The van der Waals surface area contributed by atoms with E-state index in [9.17, 15) is 25.5 Å². The highest BCUT2D eigenvalue weighted by Crippen LogP contribution is 2.54. The smallest absolute Gasteiger partial charge is 0.208 e. The minimum Gasteiger partial charge on any atom is -0.503 e. The van der Waals surface area contributed by atoms with Crippen LogP contribution in [0.4, 0.5) is 0 Å². The fourth-order valence-electron chi connectivity index (χ4n) is 7.08. The maximum absolute atomic E-state index is 11.1. The number of hydrogen-bond donors (Lipinski definition) is 5. The maximum Gasteiger partial charge on any atom is 0.208 e. The summed E-state index contributed by atoms with van der Waals surface area (Å²) in [7, 11) is 0. The number of aromatic nitrogens is 3. The largest absolute Gasteiger partial charge is 0.503 e. The normalized spacial score (nSPS) is 11.9. The van der Waals surface area contributed by atoms with Crippen LogP contribution in [0.15, 0.2) is 121 Å². The summed E-state index contributed by atoms with van der Waals surface area (Å²) in [6.45, 7) is 0. The average Bonchev–Trinajstić information content (AvgIpc) is 3.73. The van der Waals surface area contributed by atoms with Crippen molar-refractivity contribution in [2.75, 3.05) is 0 Å². The van der Waals surface area contributed by atoms with Crippen LogP contribution in [0.3, 0.4) is 0 Å². The molecule has 0 radical (unpaired) electrons. The van der Waals surface area contributed by atoms with Gasteiger partial charge in [0.2, 0.25) is 17.2 Å². The topological polar surface area (TPSA) is 116 Å². The van der Waals surface area contributed by atoms with Gasteiger partial charge in [0.1, 0.15) is 5.69 Å². The van der Waals surface area contributed by atoms with Gasteiger partial charge in [0.25, 0.3) is 0 Å². The number of hydrogen-bond acceptors (Lipinski definition) is 5. The number of phenols is 5. The third-order valence-electron chi connectivity index (χ3n) is 8.96. The van der Waals surface area contributed by atoms with Gasteiger partial charge in [-0.05, 0) is 48.5 Å². The second-order valence-electron chi connectivity index (χ2n) is 11.4. The molecule has 0 aliphatic rings. The van der Waals surface area contributed by atoms with E-state index in [1.165, 1.54) is 0 Å². The maximum atomic E-state index is 11.1. The predicted molar refractivity (Wildman–Crippen MR) is 180 cm³/mol. The lowest BCUT2D eigenvalue weighted by atomic mass is 10.1. The van der Waals surface area contributed by atoms with E-state index in [4.69, 9.17) is 0 Å². The Hall–Kier alpha value is -6.54. The van der Waals surface area contributed by atoms with Crippen molar-refractivity contribution in [1.29, 1.82) is 0 Å². The van der Waals surface area contributed by atoms with Gasteiger partial charge in [-0.3, -0.25) is 0 Å². The summed E-state index contributed by atoms with van der Waals surface area (Å²) in [6, 6.07) is 40.2. The van der Waals surface area contributed by atoms with Crippen LogP contribution in [0, 0.1) is 0 Å². The Morgan fingerprint density at radius 1 is 0.326 bits per heavy atom. The highest BCUT2D eigenvalue weighted by Gasteiger charge is 2.29. The predicted octanol–water partition coefficient (Wildman–Crippen LogP) is 8.35. The van der Waals surface area contributed by atoms with E-state index >= 15 is 0 Å². The van der Waals surface area contributed by atoms with Crippen LogP contribution in [0.1, 0.15) is 0 Å². The zero-order chi connectivity index (χ0) is 31.3. The standard InChI is InChI=1S/C38H25N3O5/c42-34-33(35(43)37(45)38(46)36(34)44)41-26-17-9-7-15-23(26)29-28(41)20-19-25-30(29)40(22-13-5-2-6-14-22)31-24-16-8-10-18-27(24)39(32(25)31)21-11-3-1-4-12-21/h1-20,42-46H. The third-order valence-corrected chi connectivity index (χ3v) is 8.96. The van der Waals surface area contributed by atoms with E-state index < -0.39 is 28.7 Å². The lowest BCUT2D eigenvalue weighted by molar-refractivity contribution is 0.327. The van der Waals surface area contributed by atoms with Crippen molar-refractivity contribution >= 4 is 54.6 Å². The van der Waals surface area contributed by atoms with Crippen LogP contribution in [-0.4, -0.2) is 39.2 Å². The summed E-state index contributed by atoms with van der Waals surface area (Å²) in [5.41, 5.74) is 6.97. The van der Waals surface area contributed by atoms with E-state index in [0.29, 0.717) is 11.0 Å². The highest BCUT2D eigenvalue weighted by molar-refractivity contribution is 6.29. The minimum atomic E-state index is -1.00. The van der Waals surface area contributed by atoms with Crippen molar-refractivity contribution in [3.63, 3.8) is 0 Å². The molecule has 9 aromatic rings. The number of fused-ring (bicyclic) bond motifs is 9. The molecule has 5 N–H and O–H groups in total. The average molecular weight is 604 g/mol. The molecule has 0 aliphatic heterocycles. The van der Waals surface area contributed by atoms with Crippen LogP contribution >= 0.6 is 0 Å². The molecule has 0 saturated carbocycles. The lowest BCUT2D eigenvalue weighted by Crippen LogP contribution is -1.97. The second-order valence-corrected chi connectivity index (χ2v) is 11.4. The van der Waals surface area contributed by atoms with Gasteiger partial charge in [0.15, 0.2) is 11.5 Å². The van der Waals surface area contributed by atoms with E-state index in [0.717, 1.165) is 55.0 Å². The molecular formula is C38H25N3O5. The molecule has 0 spiro atoms. The minimum absolute atomic E-state index is 0.250. The number of nitrogens with zero attached hydrogens (tertiary/aromatic N) is 3. The van der Waals surface area contributed by atoms with E-state index in [1.807, 2.05) is 84.9 Å². The zero-order valence-corrected chi connectivity index (χ0v) is 24.1. The molecule has 0 saturated heterocycles. The molecule has 0 aliphatic carbocycles. The van der Waals surface area contributed by atoms with Crippen LogP contribution < -0.4 is 0 Å². The number of para-hydroxylation sites is 4. The molecule has 3 heterocycles. The highest BCUT2D eigenvalue weighted by atomic mass is 16.4. The Morgan fingerprint density at radius 3 is 1.43 bits per heavy atom. The van der Waals surface area contributed by atoms with Crippen molar-refractivity contribution in [3.05, 3.63) is 121 Å². The van der Waals surface area contributed by atoms with Crippen LogP contribution in [-0.2, 0) is 0 Å². The van der Waals surface area contributed by atoms with Gasteiger partial charge < -0.3 is 39.2 Å². The molecule has 6 aromatic carbocycles. The van der Waals surface area contributed by atoms with Gasteiger partial charge in [-0.2, -0.15) is 0 Å². The number of benzene rings is 6. The summed E-state index contributed by atoms with van der Waals surface area (Å²) >= 11 is 0. The first-order valence-electron chi connectivity index (χ1n) is 14.8. The molecule has 8 nitrogen and oxygen atoms in total. The van der Waals surface area contributed by atoms with Crippen molar-refractivity contribution in [2.45, 2.75) is 0 Å². The Morgan fingerprint density at radius 2 is 0.804 bits per heavy atom. The lowest BCUT2D eigenvalue weighted by Gasteiger charge is -2.15. The van der Waals surface area contributed by atoms with E-state index in [2.05, 4.69) is 45.5 Å². The molecule has 9 rings (SSSR count). The van der Waals surface area contributed by atoms with Crippen molar-refractivity contribution in [2.24, 2.45) is 0 Å². The molecule has 3 aromatic heterocycles. The Kier molecular flexibility index (Phi) is 5.20. The fourth-order valence-corrected chi connectivity index (χ4v) is 7.08. The van der Waals surface area contributed by atoms with Crippen molar-refractivity contribution < 1.29 is 25.5 Å². The first kappa shape index (κ1) is 25.9. The quantitative estimate of drug-likeness (QED) is 0.103. The van der Waals surface area contributed by atoms with Crippen LogP contribution in [0.25, 0.3) is 71.7 Å². The van der Waals surface area contributed by atoms with E-state index in [-0.39, 0.29) is 5.69 Å². The molecular weight excluding hydrogens is 578 g/mol. The summed E-state index contributed by atoms with van der Waals surface area (Å²) in [5, 5.41) is 57.0. The molecule has 0 atom stereocenters. The zero-order valence-electron chi connectivity index (χ0n) is 24.1. The van der Waals surface area contributed by atoms with Crippen LogP contribution in [0.5, 0.6) is 28.7 Å². The Labute approximate surface area is 260 Å². The third kappa shape index (κ3) is 3.21. The monoisotopic (exact) mass is 603 g/mol. The molecule has 46 heavy (non-hydrogen) atoms. The second kappa shape index (κ2) is 9.23. The summed E-state index contributed by atoms with van der Waals surface area (Å²) in [5.74, 6) is -4.39. The Balaban J connectivity index is 1.57. The molecule has 0 bridgehead atoms. The summed E-state index contributed by atoms with van der Waals surface area (Å²) in [4.78, 5) is 0. The van der Waals surface area contributed by atoms with Crippen molar-refractivity contribution in [1.82, 2.24) is 13.7 Å². The molecule has 222 valence electrons. The molecule has 0 fully saturated rings. The van der Waals surface area contributed by atoms with Gasteiger partial charge in [-0.15, -0.1) is 0 Å². The summed E-state index contributed by atoms with van der Waals surface area (Å²) < 4.78 is 6.15. The first-order chi connectivity index (χ1) is 22.5. The van der Waals surface area contributed by atoms with E-state index in [1.54, 1.807) is 4.57 Å². The van der Waals surface area contributed by atoms with Crippen molar-refractivity contribution in [3.8, 4) is 45.8 Å². The molecule has 0 amide bonds. The van der Waals surface area contributed by atoms with Gasteiger partial charge in [-0.1, -0.05) is 72.8 Å². The fraction of sp³-hybridized carbons (Fsp3) is 0. The molecule has 8 heteroatoms. The van der Waals surface area contributed by atoms with Crippen LogP contribution in [0.2, 0.25) is 0 Å². The SMILES string of the molecule is Oc1c(O)c(O)c(-n2c3ccccc3c3c2ccc2c4c(c5ccccc5n4-c4ccccc4)n(-c4ccccc4)c23)c(O)c1O. The summed E-state index contributed by atoms with van der Waals surface area (Å²) in [6.07, 6.45) is 0. The van der Waals surface area contributed by atoms with Gasteiger partial charge in [-0.25, -0.2) is 0 Å². The first-order valence-corrected chi connectivity index (χ1v) is 14.8.